The van der Waals surface area contributed by atoms with E-state index in [0.717, 1.165) is 29.1 Å². The van der Waals surface area contributed by atoms with Crippen molar-refractivity contribution >= 4 is 0 Å². The van der Waals surface area contributed by atoms with Gasteiger partial charge in [0.15, 0.2) is 11.5 Å². The lowest BCUT2D eigenvalue weighted by Gasteiger charge is -2.21. The monoisotopic (exact) mass is 274 g/mol. The number of aryl methyl sites for hydroxylation is 1. The zero-order chi connectivity index (χ0) is 14.4. The van der Waals surface area contributed by atoms with Gasteiger partial charge < -0.3 is 9.47 Å². The number of aromatic nitrogens is 2. The average Bonchev–Trinajstić information content (AvgIpc) is 2.70. The fraction of sp³-hybridized carbons (Fsp3) is 0.400. The molecule has 0 spiro atoms. The van der Waals surface area contributed by atoms with Crippen molar-refractivity contribution in [2.75, 3.05) is 14.2 Å². The molecule has 0 fully saturated rings. The highest BCUT2D eigenvalue weighted by atomic mass is 16.5. The van der Waals surface area contributed by atoms with E-state index in [1.807, 2.05) is 30.7 Å². The maximum absolute atomic E-state index is 12.2. The summed E-state index contributed by atoms with van der Waals surface area (Å²) in [4.78, 5) is 12.2. The molecule has 1 aliphatic rings. The van der Waals surface area contributed by atoms with E-state index in [9.17, 15) is 4.79 Å². The van der Waals surface area contributed by atoms with Crippen LogP contribution in [-0.4, -0.2) is 23.4 Å². The van der Waals surface area contributed by atoms with Crippen LogP contribution in [0.1, 0.15) is 11.3 Å². The molecule has 0 radical (unpaired) electrons. The molecule has 5 nitrogen and oxygen atoms in total. The number of fused-ring (bicyclic) bond motifs is 3. The summed E-state index contributed by atoms with van der Waals surface area (Å²) in [5.41, 5.74) is 4.25. The van der Waals surface area contributed by atoms with Crippen molar-refractivity contribution in [3.63, 3.8) is 0 Å². The van der Waals surface area contributed by atoms with Crippen LogP contribution in [0.2, 0.25) is 0 Å². The number of benzene rings is 1. The Kier molecular flexibility index (Phi) is 2.85. The predicted octanol–water partition coefficient (Wildman–Crippen LogP) is 1.74. The first kappa shape index (κ1) is 12.8. The third kappa shape index (κ3) is 1.59. The van der Waals surface area contributed by atoms with E-state index in [4.69, 9.17) is 9.47 Å². The normalized spacial score (nSPS) is 12.8. The van der Waals surface area contributed by atoms with Gasteiger partial charge in [-0.25, -0.2) is 4.79 Å². The van der Waals surface area contributed by atoms with E-state index in [-0.39, 0.29) is 5.69 Å². The standard InChI is InChI=1S/C15H18N2O3/c1-9-14-11-8-13(20-4)12(19-3)7-10(11)5-6-17(14)15(18)16(9)2/h7-8H,5-6H2,1-4H3. The minimum atomic E-state index is 0.0398. The summed E-state index contributed by atoms with van der Waals surface area (Å²) >= 11 is 0. The Bertz CT molecular complexity index is 741. The number of methoxy groups -OCH3 is 2. The molecule has 0 unspecified atom stereocenters. The Morgan fingerprint density at radius 2 is 1.80 bits per heavy atom. The van der Waals surface area contributed by atoms with Crippen LogP contribution < -0.4 is 15.2 Å². The molecule has 1 aliphatic heterocycles. The topological polar surface area (TPSA) is 45.4 Å². The number of nitrogens with zero attached hydrogens (tertiary/aromatic N) is 2. The van der Waals surface area contributed by atoms with Crippen LogP contribution in [0.3, 0.4) is 0 Å². The Morgan fingerprint density at radius 3 is 2.45 bits per heavy atom. The highest BCUT2D eigenvalue weighted by Crippen LogP contribution is 2.38. The van der Waals surface area contributed by atoms with Crippen LogP contribution in [0.15, 0.2) is 16.9 Å². The van der Waals surface area contributed by atoms with E-state index in [1.165, 1.54) is 5.56 Å². The van der Waals surface area contributed by atoms with E-state index >= 15 is 0 Å². The summed E-state index contributed by atoms with van der Waals surface area (Å²) in [6.45, 7) is 2.68. The lowest BCUT2D eigenvalue weighted by molar-refractivity contribution is 0.354. The minimum Gasteiger partial charge on any atom is -0.493 e. The van der Waals surface area contributed by atoms with Gasteiger partial charge in [-0.05, 0) is 31.0 Å². The highest BCUT2D eigenvalue weighted by Gasteiger charge is 2.24. The third-order valence-electron chi connectivity index (χ3n) is 4.10. The van der Waals surface area contributed by atoms with Gasteiger partial charge in [0.1, 0.15) is 0 Å². The first-order valence-electron chi connectivity index (χ1n) is 6.59. The van der Waals surface area contributed by atoms with Crippen molar-refractivity contribution < 1.29 is 9.47 Å². The molecule has 0 atom stereocenters. The van der Waals surface area contributed by atoms with Crippen LogP contribution in [0, 0.1) is 6.92 Å². The lowest BCUT2D eigenvalue weighted by atomic mass is 9.96. The van der Waals surface area contributed by atoms with Gasteiger partial charge in [0.2, 0.25) is 0 Å². The fourth-order valence-electron chi connectivity index (χ4n) is 2.90. The number of hydrogen-bond donors (Lipinski definition) is 0. The van der Waals surface area contributed by atoms with Crippen LogP contribution >= 0.6 is 0 Å². The Balaban J connectivity index is 2.31. The van der Waals surface area contributed by atoms with E-state index in [1.54, 1.807) is 18.8 Å². The molecule has 1 aromatic heterocycles. The highest BCUT2D eigenvalue weighted by molar-refractivity contribution is 5.72. The molecule has 2 heterocycles. The van der Waals surface area contributed by atoms with E-state index < -0.39 is 0 Å². The van der Waals surface area contributed by atoms with Crippen LogP contribution in [0.5, 0.6) is 11.5 Å². The Hall–Kier alpha value is -2.17. The molecule has 0 saturated carbocycles. The van der Waals surface area contributed by atoms with E-state index in [0.29, 0.717) is 12.3 Å². The van der Waals surface area contributed by atoms with E-state index in [2.05, 4.69) is 0 Å². The zero-order valence-corrected chi connectivity index (χ0v) is 12.2. The van der Waals surface area contributed by atoms with Crippen molar-refractivity contribution in [1.29, 1.82) is 0 Å². The number of imidazole rings is 1. The number of hydrogen-bond acceptors (Lipinski definition) is 3. The molecule has 0 N–H and O–H groups in total. The van der Waals surface area contributed by atoms with Gasteiger partial charge in [0.05, 0.1) is 19.9 Å². The molecule has 106 valence electrons. The first-order valence-corrected chi connectivity index (χ1v) is 6.59. The molecule has 3 rings (SSSR count). The van der Waals surface area contributed by atoms with Gasteiger partial charge in [-0.2, -0.15) is 0 Å². The van der Waals surface area contributed by atoms with Gasteiger partial charge >= 0.3 is 5.69 Å². The number of rotatable bonds is 2. The van der Waals surface area contributed by atoms with Gasteiger partial charge in [-0.1, -0.05) is 0 Å². The second-order valence-corrected chi connectivity index (χ2v) is 5.04. The van der Waals surface area contributed by atoms with Crippen LogP contribution in [0.4, 0.5) is 0 Å². The molecule has 2 aromatic rings. The second-order valence-electron chi connectivity index (χ2n) is 5.04. The Labute approximate surface area is 117 Å². The number of ether oxygens (including phenoxy) is 2. The molecule has 20 heavy (non-hydrogen) atoms. The molecular weight excluding hydrogens is 256 g/mol. The maximum Gasteiger partial charge on any atom is 0.328 e. The largest absolute Gasteiger partial charge is 0.493 e. The first-order chi connectivity index (χ1) is 9.58. The molecule has 1 aromatic carbocycles. The second kappa shape index (κ2) is 4.44. The van der Waals surface area contributed by atoms with Crippen molar-refractivity contribution in [3.8, 4) is 22.8 Å². The third-order valence-corrected chi connectivity index (χ3v) is 4.10. The van der Waals surface area contributed by atoms with Crippen molar-refractivity contribution in [2.45, 2.75) is 19.9 Å². The van der Waals surface area contributed by atoms with Crippen LogP contribution in [0.25, 0.3) is 11.3 Å². The van der Waals surface area contributed by atoms with Crippen molar-refractivity contribution in [3.05, 3.63) is 33.9 Å². The summed E-state index contributed by atoms with van der Waals surface area (Å²) in [5, 5.41) is 0. The van der Waals surface area contributed by atoms with Crippen LogP contribution in [-0.2, 0) is 20.0 Å². The molecule has 5 heteroatoms. The Morgan fingerprint density at radius 1 is 1.15 bits per heavy atom. The molecule has 0 amide bonds. The quantitative estimate of drug-likeness (QED) is 0.838. The summed E-state index contributed by atoms with van der Waals surface area (Å²) < 4.78 is 14.3. The molecule has 0 bridgehead atoms. The fourth-order valence-corrected chi connectivity index (χ4v) is 2.90. The van der Waals surface area contributed by atoms with Crippen molar-refractivity contribution in [2.24, 2.45) is 7.05 Å². The van der Waals surface area contributed by atoms with Gasteiger partial charge in [0.25, 0.3) is 0 Å². The summed E-state index contributed by atoms with van der Waals surface area (Å²) in [7, 11) is 5.07. The lowest BCUT2D eigenvalue weighted by Crippen LogP contribution is -2.25. The molecule has 0 aliphatic carbocycles. The summed E-state index contributed by atoms with van der Waals surface area (Å²) in [6, 6.07) is 3.97. The molecular formula is C15H18N2O3. The maximum atomic E-state index is 12.2. The summed E-state index contributed by atoms with van der Waals surface area (Å²) in [5.74, 6) is 1.42. The summed E-state index contributed by atoms with van der Waals surface area (Å²) in [6.07, 6.45) is 0.825. The van der Waals surface area contributed by atoms with Gasteiger partial charge in [-0.3, -0.25) is 9.13 Å². The van der Waals surface area contributed by atoms with Crippen molar-refractivity contribution in [1.82, 2.24) is 9.13 Å². The SMILES string of the molecule is COc1cc2c(cc1OC)-c1c(C)n(C)c(=O)n1CC2. The smallest absolute Gasteiger partial charge is 0.328 e. The van der Waals surface area contributed by atoms with Gasteiger partial charge in [0, 0.05) is 24.8 Å². The van der Waals surface area contributed by atoms with Gasteiger partial charge in [-0.15, -0.1) is 0 Å². The predicted molar refractivity (Wildman–Crippen MR) is 76.7 cm³/mol. The minimum absolute atomic E-state index is 0.0398. The average molecular weight is 274 g/mol. The zero-order valence-electron chi connectivity index (χ0n) is 12.2. The molecule has 0 saturated heterocycles.